The first-order valence-electron chi connectivity index (χ1n) is 7.49. The molecule has 0 radical (unpaired) electrons. The molecule has 0 bridgehead atoms. The fraction of sp³-hybridized carbons (Fsp3) is 0.714. The van der Waals surface area contributed by atoms with Gasteiger partial charge in [-0.05, 0) is 38.0 Å². The Balaban J connectivity index is 1.58. The third-order valence-electron chi connectivity index (χ3n) is 4.47. The fourth-order valence-corrected chi connectivity index (χ4v) is 4.70. The number of thioether (sulfide) groups is 1. The monoisotopic (exact) mass is 329 g/mol. The molecule has 118 valence electrons. The van der Waals surface area contributed by atoms with E-state index in [0.717, 1.165) is 18.5 Å². The first-order valence-corrected chi connectivity index (χ1v) is 10.2. The summed E-state index contributed by atoms with van der Waals surface area (Å²) < 4.78 is 27.6. The van der Waals surface area contributed by atoms with E-state index in [2.05, 4.69) is 21.3 Å². The van der Waals surface area contributed by atoms with Gasteiger partial charge in [0.2, 0.25) is 10.0 Å². The van der Waals surface area contributed by atoms with Crippen molar-refractivity contribution in [1.29, 1.82) is 0 Å². The molecule has 7 heteroatoms. The van der Waals surface area contributed by atoms with Crippen LogP contribution in [0, 0.1) is 0 Å². The summed E-state index contributed by atoms with van der Waals surface area (Å²) in [7, 11) is -3.40. The Labute approximate surface area is 130 Å². The maximum absolute atomic E-state index is 12.3. The van der Waals surface area contributed by atoms with E-state index in [4.69, 9.17) is 0 Å². The zero-order chi connectivity index (χ0) is 14.9. The van der Waals surface area contributed by atoms with Crippen LogP contribution >= 0.6 is 11.8 Å². The van der Waals surface area contributed by atoms with Gasteiger partial charge in [-0.25, -0.2) is 13.1 Å². The van der Waals surface area contributed by atoms with Crippen molar-refractivity contribution in [2.45, 2.75) is 54.3 Å². The first kappa shape index (κ1) is 15.4. The van der Waals surface area contributed by atoms with Crippen LogP contribution in [0.4, 0.5) is 0 Å². The van der Waals surface area contributed by atoms with E-state index in [-0.39, 0.29) is 4.75 Å². The standard InChI is InChI=1S/C14H23N3O2S2/c1-20-14(5-2-6-14)10-17-21(18,19)13-7-12(16-9-13)8-15-11-3-4-11/h7,9,11,15-17H,2-6,8,10H2,1H3. The highest BCUT2D eigenvalue weighted by atomic mass is 32.2. The van der Waals surface area contributed by atoms with E-state index in [1.165, 1.54) is 19.3 Å². The van der Waals surface area contributed by atoms with Gasteiger partial charge in [0.15, 0.2) is 0 Å². The minimum atomic E-state index is -3.40. The van der Waals surface area contributed by atoms with Gasteiger partial charge in [0.05, 0.1) is 4.90 Å². The topological polar surface area (TPSA) is 74.0 Å². The molecule has 2 aliphatic carbocycles. The fourth-order valence-electron chi connectivity index (χ4n) is 2.55. The molecule has 0 spiro atoms. The van der Waals surface area contributed by atoms with Gasteiger partial charge in [-0.2, -0.15) is 11.8 Å². The minimum absolute atomic E-state index is 0.111. The molecular formula is C14H23N3O2S2. The normalized spacial score (nSPS) is 21.2. The maximum Gasteiger partial charge on any atom is 0.242 e. The molecule has 21 heavy (non-hydrogen) atoms. The molecule has 0 aromatic carbocycles. The molecule has 1 aromatic rings. The van der Waals surface area contributed by atoms with Gasteiger partial charge >= 0.3 is 0 Å². The van der Waals surface area contributed by atoms with Gasteiger partial charge in [-0.1, -0.05) is 6.42 Å². The van der Waals surface area contributed by atoms with E-state index in [1.54, 1.807) is 24.0 Å². The van der Waals surface area contributed by atoms with Gasteiger partial charge in [0.25, 0.3) is 0 Å². The molecule has 3 N–H and O–H groups in total. The molecule has 2 saturated carbocycles. The molecule has 0 saturated heterocycles. The number of rotatable bonds is 8. The summed E-state index contributed by atoms with van der Waals surface area (Å²) in [5.41, 5.74) is 0.922. The highest BCUT2D eigenvalue weighted by molar-refractivity contribution is 8.00. The van der Waals surface area contributed by atoms with Crippen molar-refractivity contribution in [3.05, 3.63) is 18.0 Å². The van der Waals surface area contributed by atoms with Crippen molar-refractivity contribution in [2.24, 2.45) is 0 Å². The molecular weight excluding hydrogens is 306 g/mol. The van der Waals surface area contributed by atoms with E-state index < -0.39 is 10.0 Å². The smallest absolute Gasteiger partial charge is 0.242 e. The molecule has 2 aliphatic rings. The number of aromatic nitrogens is 1. The Morgan fingerprint density at radius 2 is 2.19 bits per heavy atom. The lowest BCUT2D eigenvalue weighted by Crippen LogP contribution is -2.45. The quantitative estimate of drug-likeness (QED) is 0.680. The van der Waals surface area contributed by atoms with Crippen LogP contribution in [0.25, 0.3) is 0 Å². The molecule has 2 fully saturated rings. The van der Waals surface area contributed by atoms with Crippen molar-refractivity contribution >= 4 is 21.8 Å². The van der Waals surface area contributed by atoms with Gasteiger partial charge in [-0.3, -0.25) is 0 Å². The van der Waals surface area contributed by atoms with E-state index in [9.17, 15) is 8.42 Å². The largest absolute Gasteiger partial charge is 0.363 e. The van der Waals surface area contributed by atoms with Gasteiger partial charge < -0.3 is 10.3 Å². The minimum Gasteiger partial charge on any atom is -0.363 e. The van der Waals surface area contributed by atoms with Crippen molar-refractivity contribution in [3.63, 3.8) is 0 Å². The highest BCUT2D eigenvalue weighted by Gasteiger charge is 2.37. The van der Waals surface area contributed by atoms with Crippen LogP contribution < -0.4 is 10.0 Å². The lowest BCUT2D eigenvalue weighted by molar-refractivity contribution is 0.362. The Hall–Kier alpha value is -0.500. The molecule has 0 amide bonds. The van der Waals surface area contributed by atoms with Crippen molar-refractivity contribution in [2.75, 3.05) is 12.8 Å². The second-order valence-corrected chi connectivity index (χ2v) is 9.12. The molecule has 1 heterocycles. The first-order chi connectivity index (χ1) is 10.0. The van der Waals surface area contributed by atoms with Gasteiger partial charge in [0, 0.05) is 35.8 Å². The van der Waals surface area contributed by atoms with Crippen LogP contribution in [-0.4, -0.2) is 37.0 Å². The maximum atomic E-state index is 12.3. The molecule has 0 aliphatic heterocycles. The molecule has 3 rings (SSSR count). The van der Waals surface area contributed by atoms with Crippen LogP contribution in [0.5, 0.6) is 0 Å². The highest BCUT2D eigenvalue weighted by Crippen LogP contribution is 2.42. The molecule has 0 atom stereocenters. The van der Waals surface area contributed by atoms with Crippen LogP contribution in [0.15, 0.2) is 17.2 Å². The number of nitrogens with one attached hydrogen (secondary N) is 3. The Kier molecular flexibility index (Phi) is 4.36. The average Bonchev–Trinajstić information content (AvgIpc) is 3.12. The average molecular weight is 329 g/mol. The van der Waals surface area contributed by atoms with E-state index in [1.807, 2.05) is 0 Å². The van der Waals surface area contributed by atoms with Crippen molar-refractivity contribution < 1.29 is 8.42 Å². The molecule has 0 unspecified atom stereocenters. The SMILES string of the molecule is CSC1(CNS(=O)(=O)c2c[nH]c(CNC3CC3)c2)CCC1. The van der Waals surface area contributed by atoms with E-state index in [0.29, 0.717) is 24.0 Å². The Morgan fingerprint density at radius 1 is 1.43 bits per heavy atom. The van der Waals surface area contributed by atoms with Gasteiger partial charge in [-0.15, -0.1) is 0 Å². The number of aromatic amines is 1. The van der Waals surface area contributed by atoms with Gasteiger partial charge in [0.1, 0.15) is 0 Å². The summed E-state index contributed by atoms with van der Waals surface area (Å²) in [5.74, 6) is 0. The second-order valence-electron chi connectivity index (χ2n) is 6.08. The third kappa shape index (κ3) is 3.64. The number of H-pyrrole nitrogens is 1. The van der Waals surface area contributed by atoms with Crippen LogP contribution in [-0.2, 0) is 16.6 Å². The van der Waals surface area contributed by atoms with Crippen LogP contribution in [0.3, 0.4) is 0 Å². The zero-order valence-electron chi connectivity index (χ0n) is 12.3. The number of hydrogen-bond acceptors (Lipinski definition) is 4. The Morgan fingerprint density at radius 3 is 2.76 bits per heavy atom. The summed E-state index contributed by atoms with van der Waals surface area (Å²) in [6.07, 6.45) is 9.49. The Bertz CT molecular complexity index is 584. The lowest BCUT2D eigenvalue weighted by atomic mass is 9.84. The van der Waals surface area contributed by atoms with Crippen molar-refractivity contribution in [3.8, 4) is 0 Å². The predicted octanol–water partition coefficient (Wildman–Crippen LogP) is 1.83. The summed E-state index contributed by atoms with van der Waals surface area (Å²) in [5, 5.41) is 3.37. The number of sulfonamides is 1. The summed E-state index contributed by atoms with van der Waals surface area (Å²) >= 11 is 1.77. The third-order valence-corrected chi connectivity index (χ3v) is 7.27. The van der Waals surface area contributed by atoms with Crippen LogP contribution in [0.2, 0.25) is 0 Å². The zero-order valence-corrected chi connectivity index (χ0v) is 13.9. The van der Waals surface area contributed by atoms with Crippen molar-refractivity contribution in [1.82, 2.24) is 15.0 Å². The summed E-state index contributed by atoms with van der Waals surface area (Å²) in [6, 6.07) is 2.34. The summed E-state index contributed by atoms with van der Waals surface area (Å²) in [6.45, 7) is 1.23. The molecule has 1 aromatic heterocycles. The number of hydrogen-bond donors (Lipinski definition) is 3. The predicted molar refractivity (Wildman–Crippen MR) is 85.9 cm³/mol. The molecule has 5 nitrogen and oxygen atoms in total. The van der Waals surface area contributed by atoms with E-state index >= 15 is 0 Å². The summed E-state index contributed by atoms with van der Waals surface area (Å²) in [4.78, 5) is 3.39. The lowest BCUT2D eigenvalue weighted by Gasteiger charge is -2.40. The van der Waals surface area contributed by atoms with Crippen LogP contribution in [0.1, 0.15) is 37.8 Å². The second kappa shape index (κ2) is 5.95.